The maximum absolute atomic E-state index is 12.4. The van der Waals surface area contributed by atoms with Crippen LogP contribution in [0.25, 0.3) is 0 Å². The first-order chi connectivity index (χ1) is 13.0. The second-order valence-corrected chi connectivity index (χ2v) is 9.61. The van der Waals surface area contributed by atoms with E-state index in [2.05, 4.69) is 10.9 Å². The van der Waals surface area contributed by atoms with Crippen LogP contribution < -0.4 is 10.9 Å². The molecular formula is C22H29ClN2O2. The highest BCUT2D eigenvalue weighted by atomic mass is 35.5. The van der Waals surface area contributed by atoms with Gasteiger partial charge < -0.3 is 0 Å². The molecule has 2 amide bonds. The standard InChI is InChI=1S/C22H29ClN2O2/c23-19-6-4-15(5-7-19)2-1-3-20(26)24-25-21(27)14-22-11-16-8-17(12-22)10-18(9-16)13-22/h4-7,16-18H,1-3,8-14H2,(H,24,26)(H,25,27). The topological polar surface area (TPSA) is 58.2 Å². The van der Waals surface area contributed by atoms with Crippen molar-refractivity contribution in [3.63, 3.8) is 0 Å². The number of amides is 2. The van der Waals surface area contributed by atoms with Crippen LogP contribution in [0.4, 0.5) is 0 Å². The molecule has 0 unspecified atom stereocenters. The van der Waals surface area contributed by atoms with Gasteiger partial charge in [-0.1, -0.05) is 23.7 Å². The lowest BCUT2D eigenvalue weighted by atomic mass is 9.49. The van der Waals surface area contributed by atoms with Crippen molar-refractivity contribution in [3.8, 4) is 0 Å². The Morgan fingerprint density at radius 2 is 1.48 bits per heavy atom. The molecule has 0 aliphatic heterocycles. The molecule has 1 aromatic carbocycles. The van der Waals surface area contributed by atoms with Crippen molar-refractivity contribution in [1.82, 2.24) is 10.9 Å². The molecule has 0 heterocycles. The molecule has 2 N–H and O–H groups in total. The molecule has 5 heteroatoms. The van der Waals surface area contributed by atoms with E-state index < -0.39 is 0 Å². The molecule has 5 rings (SSSR count). The van der Waals surface area contributed by atoms with Gasteiger partial charge in [-0.15, -0.1) is 0 Å². The first kappa shape index (κ1) is 18.8. The van der Waals surface area contributed by atoms with Gasteiger partial charge in [-0.3, -0.25) is 20.4 Å². The molecule has 4 aliphatic carbocycles. The first-order valence-electron chi connectivity index (χ1n) is 10.3. The van der Waals surface area contributed by atoms with E-state index in [-0.39, 0.29) is 17.2 Å². The van der Waals surface area contributed by atoms with Gasteiger partial charge in [0.1, 0.15) is 0 Å². The molecule has 27 heavy (non-hydrogen) atoms. The fourth-order valence-corrected chi connectivity index (χ4v) is 6.32. The van der Waals surface area contributed by atoms with Crippen LogP contribution in [-0.2, 0) is 16.0 Å². The molecule has 146 valence electrons. The minimum Gasteiger partial charge on any atom is -0.273 e. The van der Waals surface area contributed by atoms with Crippen LogP contribution in [0.15, 0.2) is 24.3 Å². The van der Waals surface area contributed by atoms with Crippen LogP contribution in [0.5, 0.6) is 0 Å². The number of halogens is 1. The maximum atomic E-state index is 12.4. The number of rotatable bonds is 6. The summed E-state index contributed by atoms with van der Waals surface area (Å²) in [6.07, 6.45) is 10.3. The SMILES string of the molecule is O=C(CCCc1ccc(Cl)cc1)NNC(=O)CC12CC3CC(CC(C3)C1)C2. The van der Waals surface area contributed by atoms with Crippen molar-refractivity contribution in [2.24, 2.45) is 23.2 Å². The molecule has 4 bridgehead atoms. The highest BCUT2D eigenvalue weighted by Gasteiger charge is 2.51. The monoisotopic (exact) mass is 388 g/mol. The number of benzene rings is 1. The van der Waals surface area contributed by atoms with Crippen molar-refractivity contribution in [2.75, 3.05) is 0 Å². The minimum atomic E-state index is -0.122. The third-order valence-electron chi connectivity index (χ3n) is 6.82. The Morgan fingerprint density at radius 1 is 0.926 bits per heavy atom. The van der Waals surface area contributed by atoms with E-state index in [1.165, 1.54) is 38.5 Å². The van der Waals surface area contributed by atoms with Crippen molar-refractivity contribution in [2.45, 2.75) is 64.2 Å². The van der Waals surface area contributed by atoms with Gasteiger partial charge in [0.15, 0.2) is 0 Å². The van der Waals surface area contributed by atoms with Gasteiger partial charge in [-0.2, -0.15) is 0 Å². The molecule has 0 aromatic heterocycles. The predicted octanol–water partition coefficient (Wildman–Crippen LogP) is 4.42. The third kappa shape index (κ3) is 4.66. The third-order valence-corrected chi connectivity index (χ3v) is 7.08. The summed E-state index contributed by atoms with van der Waals surface area (Å²) in [7, 11) is 0. The lowest BCUT2D eigenvalue weighted by Crippen LogP contribution is -2.50. The summed E-state index contributed by atoms with van der Waals surface area (Å²) in [5.74, 6) is 2.37. The van der Waals surface area contributed by atoms with Crippen molar-refractivity contribution in [3.05, 3.63) is 34.9 Å². The Balaban J connectivity index is 1.17. The largest absolute Gasteiger partial charge is 0.273 e. The summed E-state index contributed by atoms with van der Waals surface area (Å²) in [4.78, 5) is 24.4. The van der Waals surface area contributed by atoms with Crippen LogP contribution in [-0.4, -0.2) is 11.8 Å². The fraction of sp³-hybridized carbons (Fsp3) is 0.636. The van der Waals surface area contributed by atoms with E-state index in [9.17, 15) is 9.59 Å². The van der Waals surface area contributed by atoms with E-state index in [0.717, 1.165) is 41.2 Å². The van der Waals surface area contributed by atoms with Crippen LogP contribution in [0, 0.1) is 23.2 Å². The molecule has 0 atom stereocenters. The quantitative estimate of drug-likeness (QED) is 0.709. The highest BCUT2D eigenvalue weighted by Crippen LogP contribution is 2.61. The summed E-state index contributed by atoms with van der Waals surface area (Å²) < 4.78 is 0. The van der Waals surface area contributed by atoms with Gasteiger partial charge in [-0.05, 0) is 92.2 Å². The zero-order valence-electron chi connectivity index (χ0n) is 15.8. The van der Waals surface area contributed by atoms with Gasteiger partial charge in [0.2, 0.25) is 11.8 Å². The second-order valence-electron chi connectivity index (χ2n) is 9.17. The average molecular weight is 389 g/mol. The lowest BCUT2D eigenvalue weighted by Gasteiger charge is -2.56. The summed E-state index contributed by atoms with van der Waals surface area (Å²) in [6.45, 7) is 0. The van der Waals surface area contributed by atoms with Gasteiger partial charge in [0.25, 0.3) is 0 Å². The molecule has 4 aliphatic rings. The summed E-state index contributed by atoms with van der Waals surface area (Å²) in [5.41, 5.74) is 6.63. The summed E-state index contributed by atoms with van der Waals surface area (Å²) >= 11 is 5.87. The van der Waals surface area contributed by atoms with Crippen molar-refractivity contribution < 1.29 is 9.59 Å². The van der Waals surface area contributed by atoms with Gasteiger partial charge >= 0.3 is 0 Å². The molecule has 4 fully saturated rings. The normalized spacial score (nSPS) is 30.9. The second kappa shape index (κ2) is 7.83. The molecule has 0 radical (unpaired) electrons. The van der Waals surface area contributed by atoms with E-state index in [4.69, 9.17) is 11.6 Å². The van der Waals surface area contributed by atoms with Crippen LogP contribution >= 0.6 is 11.6 Å². The van der Waals surface area contributed by atoms with Crippen LogP contribution in [0.1, 0.15) is 63.4 Å². The van der Waals surface area contributed by atoms with Crippen molar-refractivity contribution >= 4 is 23.4 Å². The van der Waals surface area contributed by atoms with Crippen molar-refractivity contribution in [1.29, 1.82) is 0 Å². The van der Waals surface area contributed by atoms with Gasteiger partial charge in [0, 0.05) is 17.9 Å². The number of aryl methyl sites for hydroxylation is 1. The number of hydrogen-bond donors (Lipinski definition) is 2. The predicted molar refractivity (Wildman–Crippen MR) is 106 cm³/mol. The summed E-state index contributed by atoms with van der Waals surface area (Å²) in [5, 5.41) is 0.721. The molecule has 4 nitrogen and oxygen atoms in total. The highest BCUT2D eigenvalue weighted by molar-refractivity contribution is 6.30. The molecule has 1 aromatic rings. The fourth-order valence-electron chi connectivity index (χ4n) is 6.20. The van der Waals surface area contributed by atoms with E-state index >= 15 is 0 Å². The van der Waals surface area contributed by atoms with E-state index in [0.29, 0.717) is 12.8 Å². The van der Waals surface area contributed by atoms with E-state index in [1.807, 2.05) is 24.3 Å². The Morgan fingerprint density at radius 3 is 2.07 bits per heavy atom. The molecule has 4 saturated carbocycles. The van der Waals surface area contributed by atoms with Gasteiger partial charge in [-0.25, -0.2) is 0 Å². The zero-order valence-corrected chi connectivity index (χ0v) is 16.6. The lowest BCUT2D eigenvalue weighted by molar-refractivity contribution is -0.134. The Hall–Kier alpha value is -1.55. The van der Waals surface area contributed by atoms with Crippen LogP contribution in [0.3, 0.4) is 0 Å². The maximum Gasteiger partial charge on any atom is 0.238 e. The molecule has 0 spiro atoms. The Kier molecular flexibility index (Phi) is 5.45. The number of carbonyl (C=O) groups excluding carboxylic acids is 2. The smallest absolute Gasteiger partial charge is 0.238 e. The molecular weight excluding hydrogens is 360 g/mol. The van der Waals surface area contributed by atoms with Crippen LogP contribution in [0.2, 0.25) is 5.02 Å². The zero-order chi connectivity index (χ0) is 18.9. The number of carbonyl (C=O) groups is 2. The Labute approximate surface area is 166 Å². The number of hydrogen-bond acceptors (Lipinski definition) is 2. The minimum absolute atomic E-state index is 0.0250. The van der Waals surface area contributed by atoms with E-state index in [1.54, 1.807) is 0 Å². The van der Waals surface area contributed by atoms with Gasteiger partial charge in [0.05, 0.1) is 0 Å². The molecule has 0 saturated heterocycles. The summed E-state index contributed by atoms with van der Waals surface area (Å²) in [6, 6.07) is 7.68. The average Bonchev–Trinajstić information content (AvgIpc) is 2.60. The first-order valence-corrected chi connectivity index (χ1v) is 10.7. The number of nitrogens with one attached hydrogen (secondary N) is 2. The number of hydrazine groups is 1. The Bertz CT molecular complexity index is 665.